The molecule has 0 bridgehead atoms. The standard InChI is InChI=1S/C21H28N5O6P.C4H6O4/c1-15(10-26-12-25-17-18(22)23-11-24-19(17)26)30-14-33(28,32-16-8-6-5-7-9-16)31-13-29-20(27)21(2,3)4;5-3(6)1-2-4(7)8/h5-9,11-12,15H,10,13-14H2,1-4H3,(H2,22,23,24);1-2H2,(H,5,6)(H,7,8). The molecule has 0 aliphatic heterocycles. The van der Waals surface area contributed by atoms with Crippen LogP contribution in [0.25, 0.3) is 11.2 Å². The SMILES string of the molecule is CC(Cn1cnc2c(N)ncnc21)OCP(=O)(OCOC(=O)C(C)(C)C)Oc1ccccc1.O=C(O)CCC(=O)O. The molecule has 0 amide bonds. The summed E-state index contributed by atoms with van der Waals surface area (Å²) in [6.45, 7) is 6.75. The number of fused-ring (bicyclic) bond motifs is 1. The van der Waals surface area contributed by atoms with Crippen molar-refractivity contribution in [1.82, 2.24) is 19.5 Å². The summed E-state index contributed by atoms with van der Waals surface area (Å²) in [4.78, 5) is 43.6. The number of aliphatic carboxylic acids is 2. The quantitative estimate of drug-likeness (QED) is 0.146. The van der Waals surface area contributed by atoms with E-state index < -0.39 is 43.8 Å². The van der Waals surface area contributed by atoms with E-state index in [1.54, 1.807) is 68.9 Å². The minimum absolute atomic E-state index is 0.284. The van der Waals surface area contributed by atoms with Gasteiger partial charge < -0.3 is 34.5 Å². The Morgan fingerprint density at radius 2 is 1.68 bits per heavy atom. The number of aromatic nitrogens is 4. The van der Waals surface area contributed by atoms with Crippen LogP contribution >= 0.6 is 7.60 Å². The van der Waals surface area contributed by atoms with Crippen molar-refractivity contribution in [1.29, 1.82) is 0 Å². The summed E-state index contributed by atoms with van der Waals surface area (Å²) in [6, 6.07) is 8.56. The van der Waals surface area contributed by atoms with Gasteiger partial charge in [-0.2, -0.15) is 0 Å². The van der Waals surface area contributed by atoms with E-state index in [1.807, 2.05) is 0 Å². The topological polar surface area (TPSA) is 215 Å². The third-order valence-electron chi connectivity index (χ3n) is 4.99. The first kappa shape index (κ1) is 33.1. The van der Waals surface area contributed by atoms with Crippen LogP contribution in [0.4, 0.5) is 5.82 Å². The first-order chi connectivity index (χ1) is 19.2. The van der Waals surface area contributed by atoms with Crippen LogP contribution in [-0.4, -0.2) is 66.9 Å². The van der Waals surface area contributed by atoms with Crippen LogP contribution in [0.3, 0.4) is 0 Å². The van der Waals surface area contributed by atoms with Crippen LogP contribution in [0.1, 0.15) is 40.5 Å². The molecule has 0 saturated carbocycles. The Labute approximate surface area is 236 Å². The number of rotatable bonds is 13. The van der Waals surface area contributed by atoms with E-state index in [9.17, 15) is 18.9 Å². The lowest BCUT2D eigenvalue weighted by molar-refractivity contribution is -0.160. The molecule has 3 rings (SSSR count). The van der Waals surface area contributed by atoms with Crippen LogP contribution in [0.5, 0.6) is 5.75 Å². The molecule has 1 aromatic carbocycles. The molecule has 0 saturated heterocycles. The third kappa shape index (κ3) is 11.5. The number of ether oxygens (including phenoxy) is 2. The van der Waals surface area contributed by atoms with Gasteiger partial charge in [-0.25, -0.2) is 19.5 Å². The molecule has 2 atom stereocenters. The molecule has 0 fully saturated rings. The predicted molar refractivity (Wildman–Crippen MR) is 146 cm³/mol. The van der Waals surface area contributed by atoms with Crippen LogP contribution in [0.2, 0.25) is 0 Å². The second-order valence-electron chi connectivity index (χ2n) is 9.67. The smallest absolute Gasteiger partial charge is 0.407 e. The summed E-state index contributed by atoms with van der Waals surface area (Å²) in [5.41, 5.74) is 6.15. The van der Waals surface area contributed by atoms with E-state index in [-0.39, 0.29) is 25.0 Å². The number of carboxylic acids is 2. The van der Waals surface area contributed by atoms with Crippen molar-refractivity contribution in [3.05, 3.63) is 43.0 Å². The number of esters is 1. The van der Waals surface area contributed by atoms with Crippen LogP contribution in [0.15, 0.2) is 43.0 Å². The molecule has 0 aliphatic rings. The van der Waals surface area contributed by atoms with Crippen molar-refractivity contribution < 1.29 is 47.7 Å². The third-order valence-corrected chi connectivity index (χ3v) is 6.45. The van der Waals surface area contributed by atoms with Gasteiger partial charge in [-0.15, -0.1) is 0 Å². The van der Waals surface area contributed by atoms with E-state index in [4.69, 9.17) is 34.5 Å². The molecule has 0 spiro atoms. The molecule has 224 valence electrons. The van der Waals surface area contributed by atoms with E-state index >= 15 is 0 Å². The zero-order chi connectivity index (χ0) is 30.6. The number of hydrogen-bond acceptors (Lipinski definition) is 12. The van der Waals surface area contributed by atoms with Gasteiger partial charge in [-0.3, -0.25) is 18.9 Å². The van der Waals surface area contributed by atoms with Crippen molar-refractivity contribution in [2.75, 3.05) is 18.9 Å². The summed E-state index contributed by atoms with van der Waals surface area (Å²) < 4.78 is 37.0. The molecular weight excluding hydrogens is 561 g/mol. The molecule has 2 heterocycles. The number of para-hydroxylation sites is 1. The molecule has 0 radical (unpaired) electrons. The maximum atomic E-state index is 13.4. The molecule has 16 heteroatoms. The Morgan fingerprint density at radius 1 is 1.05 bits per heavy atom. The largest absolute Gasteiger partial charge is 0.481 e. The Bertz CT molecular complexity index is 1350. The molecule has 15 nitrogen and oxygen atoms in total. The number of carbonyl (C=O) groups is 3. The van der Waals surface area contributed by atoms with Crippen LogP contribution in [-0.2, 0) is 39.5 Å². The number of carboxylic acid groups (broad SMARTS) is 2. The van der Waals surface area contributed by atoms with E-state index in [0.29, 0.717) is 23.5 Å². The number of nitrogens with zero attached hydrogens (tertiary/aromatic N) is 4. The van der Waals surface area contributed by atoms with Crippen molar-refractivity contribution in [3.63, 3.8) is 0 Å². The number of nitrogen functional groups attached to an aromatic ring is 1. The first-order valence-electron chi connectivity index (χ1n) is 12.3. The zero-order valence-electron chi connectivity index (χ0n) is 23.1. The summed E-state index contributed by atoms with van der Waals surface area (Å²) in [5.74, 6) is -2.02. The maximum Gasteiger partial charge on any atom is 0.407 e. The molecule has 4 N–H and O–H groups in total. The molecular formula is C25H34N5O10P. The molecule has 3 aromatic rings. The van der Waals surface area contributed by atoms with Crippen molar-refractivity contribution >= 4 is 42.5 Å². The zero-order valence-corrected chi connectivity index (χ0v) is 24.0. The van der Waals surface area contributed by atoms with Gasteiger partial charge in [0.15, 0.2) is 17.8 Å². The molecule has 2 aromatic heterocycles. The number of anilines is 1. The lowest BCUT2D eigenvalue weighted by Crippen LogP contribution is -2.24. The minimum atomic E-state index is -3.82. The normalized spacial score (nSPS) is 13.4. The lowest BCUT2D eigenvalue weighted by atomic mass is 9.98. The second-order valence-corrected chi connectivity index (χ2v) is 11.6. The number of hydrogen-bond donors (Lipinski definition) is 3. The number of nitrogens with two attached hydrogens (primary N) is 1. The van der Waals surface area contributed by atoms with Gasteiger partial charge in [0.05, 0.1) is 37.2 Å². The second kappa shape index (κ2) is 15.1. The first-order valence-corrected chi connectivity index (χ1v) is 14.0. The molecule has 41 heavy (non-hydrogen) atoms. The number of imidazole rings is 1. The Morgan fingerprint density at radius 3 is 2.27 bits per heavy atom. The minimum Gasteiger partial charge on any atom is -0.481 e. The summed E-state index contributed by atoms with van der Waals surface area (Å²) in [6.07, 6.45) is 1.57. The fraction of sp³-hybridized carbons (Fsp3) is 0.440. The highest BCUT2D eigenvalue weighted by Crippen LogP contribution is 2.48. The highest BCUT2D eigenvalue weighted by atomic mass is 31.2. The highest BCUT2D eigenvalue weighted by Gasteiger charge is 2.30. The van der Waals surface area contributed by atoms with Gasteiger partial charge >= 0.3 is 25.5 Å². The van der Waals surface area contributed by atoms with E-state index in [2.05, 4.69) is 15.0 Å². The lowest BCUT2D eigenvalue weighted by Gasteiger charge is -2.22. The Balaban J connectivity index is 0.000000642. The van der Waals surface area contributed by atoms with Crippen molar-refractivity contribution in [2.24, 2.45) is 5.41 Å². The highest BCUT2D eigenvalue weighted by molar-refractivity contribution is 7.54. The van der Waals surface area contributed by atoms with Gasteiger partial charge in [0.1, 0.15) is 17.6 Å². The van der Waals surface area contributed by atoms with Gasteiger partial charge in [0.2, 0.25) is 6.79 Å². The number of carbonyl (C=O) groups excluding carboxylic acids is 1. The van der Waals surface area contributed by atoms with Gasteiger partial charge in [-0.05, 0) is 39.8 Å². The van der Waals surface area contributed by atoms with Crippen LogP contribution in [0, 0.1) is 5.41 Å². The summed E-state index contributed by atoms with van der Waals surface area (Å²) in [7, 11) is -3.82. The average molecular weight is 596 g/mol. The fourth-order valence-corrected chi connectivity index (χ4v) is 4.18. The predicted octanol–water partition coefficient (Wildman–Crippen LogP) is 3.54. The van der Waals surface area contributed by atoms with Crippen molar-refractivity contribution in [2.45, 2.75) is 53.2 Å². The van der Waals surface area contributed by atoms with Crippen molar-refractivity contribution in [3.8, 4) is 5.75 Å². The van der Waals surface area contributed by atoms with Gasteiger partial charge in [0.25, 0.3) is 0 Å². The summed E-state index contributed by atoms with van der Waals surface area (Å²) >= 11 is 0. The monoisotopic (exact) mass is 595 g/mol. The van der Waals surface area contributed by atoms with Crippen LogP contribution < -0.4 is 10.3 Å². The van der Waals surface area contributed by atoms with Gasteiger partial charge in [0, 0.05) is 0 Å². The van der Waals surface area contributed by atoms with E-state index in [1.165, 1.54) is 6.33 Å². The Kier molecular flexibility index (Phi) is 12.2. The molecule has 0 aliphatic carbocycles. The van der Waals surface area contributed by atoms with Gasteiger partial charge in [-0.1, -0.05) is 18.2 Å². The summed E-state index contributed by atoms with van der Waals surface area (Å²) in [5, 5.41) is 15.8. The molecule has 2 unspecified atom stereocenters. The van der Waals surface area contributed by atoms with E-state index in [0.717, 1.165) is 0 Å². The number of benzene rings is 1. The maximum absolute atomic E-state index is 13.4. The fourth-order valence-electron chi connectivity index (χ4n) is 2.90. The Hall–Kier alpha value is -4.07. The average Bonchev–Trinajstić information content (AvgIpc) is 3.30.